The van der Waals surface area contributed by atoms with Crippen molar-refractivity contribution in [1.82, 2.24) is 5.32 Å². The topological polar surface area (TPSA) is 38.3 Å². The van der Waals surface area contributed by atoms with Gasteiger partial charge in [0.2, 0.25) is 0 Å². The molecule has 0 aliphatic heterocycles. The van der Waals surface area contributed by atoms with Crippen LogP contribution in [-0.2, 0) is 4.79 Å². The summed E-state index contributed by atoms with van der Waals surface area (Å²) in [4.78, 5) is 12.0. The van der Waals surface area contributed by atoms with Crippen molar-refractivity contribution in [2.75, 3.05) is 6.54 Å². The van der Waals surface area contributed by atoms with Crippen molar-refractivity contribution in [2.24, 2.45) is 5.92 Å². The molecule has 3 heteroatoms. The van der Waals surface area contributed by atoms with Gasteiger partial charge < -0.3 is 10.1 Å². The van der Waals surface area contributed by atoms with Crippen LogP contribution in [0, 0.1) is 5.92 Å². The van der Waals surface area contributed by atoms with Crippen molar-refractivity contribution < 1.29 is 9.53 Å². The van der Waals surface area contributed by atoms with Gasteiger partial charge in [-0.15, -0.1) is 0 Å². The van der Waals surface area contributed by atoms with E-state index in [-0.39, 0.29) is 5.91 Å². The lowest BCUT2D eigenvalue weighted by Gasteiger charge is -2.19. The first-order valence-corrected chi connectivity index (χ1v) is 7.45. The van der Waals surface area contributed by atoms with Crippen LogP contribution in [0.3, 0.4) is 0 Å². The molecule has 1 rings (SSSR count). The third-order valence-corrected chi connectivity index (χ3v) is 3.23. The Morgan fingerprint density at radius 1 is 1.15 bits per heavy atom. The van der Waals surface area contributed by atoms with E-state index in [0.29, 0.717) is 18.4 Å². The fourth-order valence-electron chi connectivity index (χ4n) is 1.94. The Labute approximate surface area is 122 Å². The summed E-state index contributed by atoms with van der Waals surface area (Å²) in [5, 5.41) is 2.92. The summed E-state index contributed by atoms with van der Waals surface area (Å²) >= 11 is 0. The van der Waals surface area contributed by atoms with E-state index < -0.39 is 6.10 Å². The first-order chi connectivity index (χ1) is 9.41. The fraction of sp³-hybridized carbons (Fsp3) is 0.588. The normalized spacial score (nSPS) is 12.6. The molecule has 0 spiro atoms. The SMILES string of the molecule is CC(C)CCNC(=O)[C@H](C)Oc1ccccc1C(C)C. The zero-order valence-corrected chi connectivity index (χ0v) is 13.3. The summed E-state index contributed by atoms with van der Waals surface area (Å²) in [6.45, 7) is 11.0. The molecule has 0 bridgehead atoms. The molecule has 1 amide bonds. The average molecular weight is 277 g/mol. The zero-order chi connectivity index (χ0) is 15.1. The van der Waals surface area contributed by atoms with Crippen molar-refractivity contribution >= 4 is 5.91 Å². The van der Waals surface area contributed by atoms with Crippen LogP contribution in [0.5, 0.6) is 5.75 Å². The van der Waals surface area contributed by atoms with Crippen LogP contribution in [0.2, 0.25) is 0 Å². The molecule has 1 atom stereocenters. The maximum absolute atomic E-state index is 12.0. The highest BCUT2D eigenvalue weighted by Gasteiger charge is 2.16. The standard InChI is InChI=1S/C17H27NO2/c1-12(2)10-11-18-17(19)14(5)20-16-9-7-6-8-15(16)13(3)4/h6-9,12-14H,10-11H2,1-5H3,(H,18,19)/t14-/m0/s1. The molecule has 1 aromatic rings. The van der Waals surface area contributed by atoms with Crippen LogP contribution < -0.4 is 10.1 Å². The number of ether oxygens (including phenoxy) is 1. The maximum atomic E-state index is 12.0. The second-order valence-electron chi connectivity index (χ2n) is 5.93. The molecule has 0 fully saturated rings. The minimum atomic E-state index is -0.470. The van der Waals surface area contributed by atoms with Gasteiger partial charge in [-0.05, 0) is 36.8 Å². The molecule has 0 unspecified atom stereocenters. The second kappa shape index (κ2) is 7.93. The van der Waals surface area contributed by atoms with Gasteiger partial charge in [-0.1, -0.05) is 45.9 Å². The van der Waals surface area contributed by atoms with Gasteiger partial charge in [-0.3, -0.25) is 4.79 Å². The Bertz CT molecular complexity index is 427. The smallest absolute Gasteiger partial charge is 0.260 e. The van der Waals surface area contributed by atoms with Gasteiger partial charge in [-0.2, -0.15) is 0 Å². The van der Waals surface area contributed by atoms with E-state index in [0.717, 1.165) is 17.7 Å². The minimum absolute atomic E-state index is 0.0517. The van der Waals surface area contributed by atoms with Crippen LogP contribution in [0.25, 0.3) is 0 Å². The second-order valence-corrected chi connectivity index (χ2v) is 5.93. The molecule has 0 saturated carbocycles. The summed E-state index contributed by atoms with van der Waals surface area (Å²) < 4.78 is 5.81. The first-order valence-electron chi connectivity index (χ1n) is 7.45. The van der Waals surface area contributed by atoms with Crippen LogP contribution in [0.15, 0.2) is 24.3 Å². The third kappa shape index (κ3) is 5.24. The van der Waals surface area contributed by atoms with Crippen molar-refractivity contribution in [3.05, 3.63) is 29.8 Å². The number of hydrogen-bond acceptors (Lipinski definition) is 2. The number of para-hydroxylation sites is 1. The highest BCUT2D eigenvalue weighted by molar-refractivity contribution is 5.80. The van der Waals surface area contributed by atoms with Crippen molar-refractivity contribution in [1.29, 1.82) is 0 Å². The number of amides is 1. The average Bonchev–Trinajstić information content (AvgIpc) is 2.38. The Hall–Kier alpha value is -1.51. The molecular weight excluding hydrogens is 250 g/mol. The molecule has 1 N–H and O–H groups in total. The predicted molar refractivity (Wildman–Crippen MR) is 83.1 cm³/mol. The molecule has 0 aromatic heterocycles. The number of rotatable bonds is 7. The van der Waals surface area contributed by atoms with E-state index in [2.05, 4.69) is 33.0 Å². The summed E-state index contributed by atoms with van der Waals surface area (Å²) in [7, 11) is 0. The van der Waals surface area contributed by atoms with E-state index in [1.54, 1.807) is 6.92 Å². The molecule has 0 aliphatic rings. The third-order valence-electron chi connectivity index (χ3n) is 3.23. The quantitative estimate of drug-likeness (QED) is 0.824. The number of carbonyl (C=O) groups excluding carboxylic acids is 1. The van der Waals surface area contributed by atoms with Crippen molar-refractivity contribution in [2.45, 2.75) is 53.1 Å². The molecule has 0 radical (unpaired) electrons. The lowest BCUT2D eigenvalue weighted by Crippen LogP contribution is -2.37. The number of nitrogens with one attached hydrogen (secondary N) is 1. The van der Waals surface area contributed by atoms with Gasteiger partial charge in [0, 0.05) is 6.54 Å². The minimum Gasteiger partial charge on any atom is -0.481 e. The van der Waals surface area contributed by atoms with E-state index >= 15 is 0 Å². The largest absolute Gasteiger partial charge is 0.481 e. The molecule has 0 saturated heterocycles. The van der Waals surface area contributed by atoms with Crippen molar-refractivity contribution in [3.8, 4) is 5.75 Å². The number of benzene rings is 1. The maximum Gasteiger partial charge on any atom is 0.260 e. The highest BCUT2D eigenvalue weighted by atomic mass is 16.5. The van der Waals surface area contributed by atoms with Gasteiger partial charge in [0.25, 0.3) is 5.91 Å². The van der Waals surface area contributed by atoms with E-state index in [9.17, 15) is 4.79 Å². The highest BCUT2D eigenvalue weighted by Crippen LogP contribution is 2.26. The van der Waals surface area contributed by atoms with E-state index in [4.69, 9.17) is 4.74 Å². The lowest BCUT2D eigenvalue weighted by atomic mass is 10.0. The molecule has 0 aliphatic carbocycles. The summed E-state index contributed by atoms with van der Waals surface area (Å²) in [6.07, 6.45) is 0.517. The first kappa shape index (κ1) is 16.5. The van der Waals surface area contributed by atoms with Gasteiger partial charge in [0.15, 0.2) is 6.10 Å². The van der Waals surface area contributed by atoms with Crippen LogP contribution in [-0.4, -0.2) is 18.6 Å². The number of hydrogen-bond donors (Lipinski definition) is 1. The molecule has 3 nitrogen and oxygen atoms in total. The monoisotopic (exact) mass is 277 g/mol. The lowest BCUT2D eigenvalue weighted by molar-refractivity contribution is -0.127. The van der Waals surface area contributed by atoms with Crippen LogP contribution >= 0.6 is 0 Å². The Kier molecular flexibility index (Phi) is 6.56. The van der Waals surface area contributed by atoms with Gasteiger partial charge in [0.1, 0.15) is 5.75 Å². The molecule has 112 valence electrons. The molecule has 20 heavy (non-hydrogen) atoms. The Balaban J connectivity index is 2.57. The Morgan fingerprint density at radius 3 is 2.40 bits per heavy atom. The van der Waals surface area contributed by atoms with Crippen LogP contribution in [0.4, 0.5) is 0 Å². The summed E-state index contributed by atoms with van der Waals surface area (Å²) in [6, 6.07) is 7.90. The summed E-state index contributed by atoms with van der Waals surface area (Å²) in [5.74, 6) is 1.72. The Morgan fingerprint density at radius 2 is 1.80 bits per heavy atom. The van der Waals surface area contributed by atoms with E-state index in [1.807, 2.05) is 24.3 Å². The zero-order valence-electron chi connectivity index (χ0n) is 13.3. The molecular formula is C17H27NO2. The van der Waals surface area contributed by atoms with Crippen molar-refractivity contribution in [3.63, 3.8) is 0 Å². The van der Waals surface area contributed by atoms with Gasteiger partial charge >= 0.3 is 0 Å². The van der Waals surface area contributed by atoms with Gasteiger partial charge in [0.05, 0.1) is 0 Å². The van der Waals surface area contributed by atoms with Crippen LogP contribution in [0.1, 0.15) is 52.5 Å². The van der Waals surface area contributed by atoms with Gasteiger partial charge in [-0.25, -0.2) is 0 Å². The molecule has 1 aromatic carbocycles. The molecule has 0 heterocycles. The van der Waals surface area contributed by atoms with E-state index in [1.165, 1.54) is 0 Å². The number of carbonyl (C=O) groups is 1. The summed E-state index contributed by atoms with van der Waals surface area (Å²) in [5.41, 5.74) is 1.13. The fourth-order valence-corrected chi connectivity index (χ4v) is 1.94. The predicted octanol–water partition coefficient (Wildman–Crippen LogP) is 3.74.